The number of piperazine rings is 1. The van der Waals surface area contributed by atoms with Gasteiger partial charge in [-0.2, -0.15) is 4.98 Å². The molecule has 2 aliphatic heterocycles. The first-order chi connectivity index (χ1) is 36.0. The van der Waals surface area contributed by atoms with E-state index in [0.29, 0.717) is 31.3 Å². The minimum absolute atomic E-state index is 0.00158. The number of nitrogens with one attached hydrogen (secondary N) is 4. The zero-order chi connectivity index (χ0) is 52.6. The average molecular weight is 1050 g/mol. The summed E-state index contributed by atoms with van der Waals surface area (Å²) in [7, 11) is -1.87. The maximum Gasteiger partial charge on any atom is 0.268 e. The molecule has 10 rings (SSSR count). The Bertz CT molecular complexity index is 3110. The minimum atomic E-state index is -4.59. The molecule has 4 fully saturated rings. The van der Waals surface area contributed by atoms with Crippen molar-refractivity contribution >= 4 is 44.2 Å². The molecule has 17 nitrogen and oxygen atoms in total. The lowest BCUT2D eigenvalue weighted by molar-refractivity contribution is -0.751. The molecule has 2 atom stereocenters. The summed E-state index contributed by atoms with van der Waals surface area (Å²) in [4.78, 5) is 37.2. The smallest absolute Gasteiger partial charge is 0.268 e. The number of carbonyl (C=O) groups is 1. The number of benzene rings is 2. The average Bonchev–Trinajstić information content (AvgIpc) is 3.78. The number of sulfonamides is 1. The van der Waals surface area contributed by atoms with Crippen LogP contribution in [0.2, 0.25) is 0 Å². The number of aromatic nitrogens is 4. The number of hydrogen-bond acceptors (Lipinski definition) is 14. The molecule has 2 saturated heterocycles. The molecule has 1 spiro atoms. The summed E-state index contributed by atoms with van der Waals surface area (Å²) in [5, 5.41) is 26.2. The van der Waals surface area contributed by atoms with E-state index in [9.17, 15) is 27.9 Å². The van der Waals surface area contributed by atoms with Crippen LogP contribution >= 0.6 is 0 Å². The van der Waals surface area contributed by atoms with Crippen LogP contribution in [0.4, 0.5) is 21.6 Å². The number of halogens is 1. The molecule has 1 amide bonds. The number of fused-ring (bicyclic) bond motifs is 1. The fourth-order valence-electron chi connectivity index (χ4n) is 11.9. The van der Waals surface area contributed by atoms with E-state index in [1.165, 1.54) is 55.2 Å². The van der Waals surface area contributed by atoms with Gasteiger partial charge < -0.3 is 40.1 Å². The van der Waals surface area contributed by atoms with E-state index in [0.717, 1.165) is 89.7 Å². The quantitative estimate of drug-likeness (QED) is 0.0586. The van der Waals surface area contributed by atoms with E-state index in [1.54, 1.807) is 12.1 Å². The minimum Gasteiger partial charge on any atom is -0.629 e. The number of quaternary nitrogens is 1. The standard InChI is InChI=1S/C56H69FN10O7S/c1-36(2)42-8-6-7-9-43(42)48-35-65(34-38-14-20-58-21-15-38)24-25-67(48)40-29-56(30-40)18-22-66(23-19-56)39-10-11-44(49(26-39)74-50-28-45-46(57)33-61-51(45)62-54(50)73-5)53(68)63-75(71,72)41-27-47(64(4)70)52(60-32-41)59-31-37-12-16-55(3,69)17-13-37/h6-11,14-15,20-21,26-28,32-33,36-37,40,48,64,69H,12-13,16-19,22-25,29-31,34-35H2,1-5H3,(H,59,60)(H,61,62)(H,63,68)/t37?,48-,55?/m0/s1. The maximum absolute atomic E-state index is 14.9. The van der Waals surface area contributed by atoms with Crippen molar-refractivity contribution in [2.45, 2.75) is 107 Å². The van der Waals surface area contributed by atoms with Crippen LogP contribution in [0.5, 0.6) is 17.4 Å². The van der Waals surface area contributed by atoms with Crippen LogP contribution in [0.1, 0.15) is 111 Å². The van der Waals surface area contributed by atoms with Gasteiger partial charge in [-0.1, -0.05) is 38.1 Å². The van der Waals surface area contributed by atoms with Gasteiger partial charge in [0.2, 0.25) is 0 Å². The monoisotopic (exact) mass is 1040 g/mol. The first-order valence-corrected chi connectivity index (χ1v) is 27.7. The van der Waals surface area contributed by atoms with Crippen molar-refractivity contribution in [1.82, 2.24) is 34.5 Å². The first kappa shape index (κ1) is 52.2. The molecule has 6 heterocycles. The molecular weight excluding hydrogens is 976 g/mol. The number of carbonyl (C=O) groups excluding carboxylic acids is 1. The van der Waals surface area contributed by atoms with Crippen molar-refractivity contribution in [2.75, 3.05) is 63.6 Å². The van der Waals surface area contributed by atoms with Crippen LogP contribution < -0.4 is 29.5 Å². The lowest BCUT2D eigenvalue weighted by Gasteiger charge is -2.58. The highest BCUT2D eigenvalue weighted by Crippen LogP contribution is 2.53. The Morgan fingerprint density at radius 2 is 1.75 bits per heavy atom. The van der Waals surface area contributed by atoms with Gasteiger partial charge in [-0.3, -0.25) is 19.6 Å². The van der Waals surface area contributed by atoms with Crippen molar-refractivity contribution in [3.05, 3.63) is 125 Å². The van der Waals surface area contributed by atoms with Crippen LogP contribution in [-0.4, -0.2) is 114 Å². The number of rotatable bonds is 16. The first-order valence-electron chi connectivity index (χ1n) is 26.3. The molecule has 1 unspecified atom stereocenters. The SMILES string of the molecule is COc1nc2[nH]cc(F)c2cc1Oc1cc(N2CCC3(CC2)CC(N2CCN(Cc4ccncc4)C[C@H]2c2ccccc2C(C)C)C3)ccc1C(=O)NS(=O)(=O)c1cnc(NCC2CCC(C)(O)CC2)c([NH+](C)[O-])c1. The molecule has 2 aromatic carbocycles. The number of methoxy groups -OCH3 is 1. The van der Waals surface area contributed by atoms with Crippen LogP contribution in [0.15, 0.2) is 96.4 Å². The Hall–Kier alpha value is -6.22. The van der Waals surface area contributed by atoms with Crippen molar-refractivity contribution in [2.24, 2.45) is 11.3 Å². The largest absolute Gasteiger partial charge is 0.629 e. The van der Waals surface area contributed by atoms with Gasteiger partial charge in [0.1, 0.15) is 22.1 Å². The lowest BCUT2D eigenvalue weighted by Crippen LogP contribution is -2.98. The van der Waals surface area contributed by atoms with Crippen LogP contribution in [0.25, 0.3) is 11.0 Å². The van der Waals surface area contributed by atoms with Crippen molar-refractivity contribution in [3.8, 4) is 17.4 Å². The number of nitrogens with zero attached hydrogens (tertiary/aromatic N) is 6. The number of aliphatic hydroxyl groups is 1. The van der Waals surface area contributed by atoms with E-state index in [1.807, 2.05) is 19.3 Å². The third-order valence-corrected chi connectivity index (χ3v) is 17.6. The molecule has 0 radical (unpaired) electrons. The molecule has 0 bridgehead atoms. The molecular formula is C56H69FN10O7S. The van der Waals surface area contributed by atoms with Crippen LogP contribution in [0, 0.1) is 22.4 Å². The van der Waals surface area contributed by atoms with Gasteiger partial charge in [0.15, 0.2) is 17.3 Å². The third kappa shape index (κ3) is 11.3. The molecule has 6 aromatic rings. The summed E-state index contributed by atoms with van der Waals surface area (Å²) in [6.45, 7) is 12.3. The number of amides is 1. The number of ether oxygens (including phenoxy) is 2. The normalized spacial score (nSPS) is 22.0. The third-order valence-electron chi connectivity index (χ3n) is 16.3. The van der Waals surface area contributed by atoms with Gasteiger partial charge in [0.25, 0.3) is 21.8 Å². The zero-order valence-corrected chi connectivity index (χ0v) is 44.3. The van der Waals surface area contributed by atoms with Gasteiger partial charge in [0, 0.05) is 100 Å². The second-order valence-corrected chi connectivity index (χ2v) is 23.5. The zero-order valence-electron chi connectivity index (χ0n) is 43.4. The summed E-state index contributed by atoms with van der Waals surface area (Å²) >= 11 is 0. The Kier molecular flexibility index (Phi) is 14.9. The van der Waals surface area contributed by atoms with Crippen molar-refractivity contribution in [3.63, 3.8) is 0 Å². The van der Waals surface area contributed by atoms with Crippen molar-refractivity contribution in [1.29, 1.82) is 0 Å². The predicted molar refractivity (Wildman–Crippen MR) is 285 cm³/mol. The number of piperidine rings is 1. The molecule has 2 aliphatic carbocycles. The summed E-state index contributed by atoms with van der Waals surface area (Å²) in [6, 6.07) is 21.6. The number of H-pyrrole nitrogens is 1. The Morgan fingerprint density at radius 1 is 1.00 bits per heavy atom. The number of anilines is 2. The summed E-state index contributed by atoms with van der Waals surface area (Å²) in [6.07, 6.45) is 13.1. The van der Waals surface area contributed by atoms with Crippen LogP contribution in [0.3, 0.4) is 0 Å². The molecule has 4 aromatic heterocycles. The Labute approximate surface area is 438 Å². The number of hydroxylamine groups is 1. The highest BCUT2D eigenvalue weighted by atomic mass is 32.2. The molecule has 5 N–H and O–H groups in total. The molecule has 75 heavy (non-hydrogen) atoms. The van der Waals surface area contributed by atoms with E-state index in [-0.39, 0.29) is 67.8 Å². The van der Waals surface area contributed by atoms with Gasteiger partial charge in [0.05, 0.1) is 36.9 Å². The van der Waals surface area contributed by atoms with Gasteiger partial charge in [-0.05, 0) is 116 Å². The fraction of sp³-hybridized carbons (Fsp3) is 0.464. The molecule has 4 aliphatic rings. The van der Waals surface area contributed by atoms with Gasteiger partial charge in [-0.15, -0.1) is 0 Å². The Morgan fingerprint density at radius 3 is 2.47 bits per heavy atom. The number of pyridine rings is 3. The van der Waals surface area contributed by atoms with Crippen LogP contribution in [-0.2, 0) is 16.6 Å². The van der Waals surface area contributed by atoms with E-state index < -0.39 is 32.4 Å². The van der Waals surface area contributed by atoms with E-state index >= 15 is 0 Å². The van der Waals surface area contributed by atoms with Crippen molar-refractivity contribution < 1.29 is 37.2 Å². The summed E-state index contributed by atoms with van der Waals surface area (Å²) < 4.78 is 57.0. The fourth-order valence-corrected chi connectivity index (χ4v) is 12.8. The summed E-state index contributed by atoms with van der Waals surface area (Å²) in [5.74, 6) is -0.640. The highest BCUT2D eigenvalue weighted by molar-refractivity contribution is 7.90. The lowest BCUT2D eigenvalue weighted by atomic mass is 9.59. The Balaban J connectivity index is 0.859. The topological polar surface area (TPSA) is 206 Å². The van der Waals surface area contributed by atoms with Gasteiger partial charge >= 0.3 is 0 Å². The molecule has 19 heteroatoms. The second kappa shape index (κ2) is 21.4. The molecule has 2 saturated carbocycles. The molecule has 398 valence electrons. The van der Waals surface area contributed by atoms with E-state index in [2.05, 4.69) is 94.9 Å². The number of aromatic amines is 1. The van der Waals surface area contributed by atoms with Gasteiger partial charge in [-0.25, -0.2) is 22.5 Å². The predicted octanol–water partition coefficient (Wildman–Crippen LogP) is 7.84. The van der Waals surface area contributed by atoms with E-state index in [4.69, 9.17) is 9.47 Å². The second-order valence-electron chi connectivity index (χ2n) is 21.9. The maximum atomic E-state index is 14.9. The summed E-state index contributed by atoms with van der Waals surface area (Å²) in [5.41, 5.74) is 4.54. The highest BCUT2D eigenvalue weighted by Gasteiger charge is 2.50. The number of hydrogen-bond donors (Lipinski definition) is 5.